The first-order valence-electron chi connectivity index (χ1n) is 6.07. The second-order valence-corrected chi connectivity index (χ2v) is 5.80. The first-order chi connectivity index (χ1) is 6.74. The number of rotatable bonds is 2. The van der Waals surface area contributed by atoms with E-state index >= 15 is 0 Å². The second kappa shape index (κ2) is 4.70. The highest BCUT2D eigenvalue weighted by atomic mass is 35.5. The SMILES string of the molecule is CC1CC(CC2CCCC2)=CC(Cl)C1. The van der Waals surface area contributed by atoms with Crippen LogP contribution in [0.3, 0.4) is 0 Å². The van der Waals surface area contributed by atoms with E-state index in [9.17, 15) is 0 Å². The molecule has 0 aromatic carbocycles. The topological polar surface area (TPSA) is 0 Å². The number of alkyl halides is 1. The third kappa shape index (κ3) is 2.76. The van der Waals surface area contributed by atoms with Gasteiger partial charge in [-0.25, -0.2) is 0 Å². The van der Waals surface area contributed by atoms with Crippen molar-refractivity contribution in [2.45, 2.75) is 57.2 Å². The fraction of sp³-hybridized carbons (Fsp3) is 0.846. The van der Waals surface area contributed by atoms with E-state index in [0.717, 1.165) is 11.8 Å². The van der Waals surface area contributed by atoms with Gasteiger partial charge >= 0.3 is 0 Å². The molecule has 0 bridgehead atoms. The summed E-state index contributed by atoms with van der Waals surface area (Å²) in [5.74, 6) is 1.79. The highest BCUT2D eigenvalue weighted by molar-refractivity contribution is 6.21. The number of halogens is 1. The van der Waals surface area contributed by atoms with E-state index in [4.69, 9.17) is 11.6 Å². The molecule has 80 valence electrons. The summed E-state index contributed by atoms with van der Waals surface area (Å²) in [6.45, 7) is 2.33. The molecule has 2 aliphatic rings. The minimum absolute atomic E-state index is 0.315. The summed E-state index contributed by atoms with van der Waals surface area (Å²) in [5, 5.41) is 0.315. The molecule has 0 aromatic rings. The number of hydrogen-bond donors (Lipinski definition) is 0. The van der Waals surface area contributed by atoms with Crippen LogP contribution in [-0.2, 0) is 0 Å². The van der Waals surface area contributed by atoms with Gasteiger partial charge in [0.2, 0.25) is 0 Å². The largest absolute Gasteiger partial charge is 0.118 e. The Balaban J connectivity index is 1.89. The van der Waals surface area contributed by atoms with Gasteiger partial charge in [-0.05, 0) is 31.1 Å². The van der Waals surface area contributed by atoms with Crippen LogP contribution in [0, 0.1) is 11.8 Å². The van der Waals surface area contributed by atoms with Crippen molar-refractivity contribution in [2.24, 2.45) is 11.8 Å². The van der Waals surface area contributed by atoms with E-state index in [0.29, 0.717) is 5.38 Å². The van der Waals surface area contributed by atoms with Gasteiger partial charge in [0.15, 0.2) is 0 Å². The fourth-order valence-corrected chi connectivity index (χ4v) is 3.53. The average Bonchev–Trinajstić information content (AvgIpc) is 2.54. The van der Waals surface area contributed by atoms with E-state index < -0.39 is 0 Å². The van der Waals surface area contributed by atoms with Crippen molar-refractivity contribution in [3.05, 3.63) is 11.6 Å². The Hall–Kier alpha value is 0.0300. The second-order valence-electron chi connectivity index (χ2n) is 5.24. The van der Waals surface area contributed by atoms with E-state index in [1.165, 1.54) is 44.9 Å². The summed E-state index contributed by atoms with van der Waals surface area (Å²) >= 11 is 6.22. The van der Waals surface area contributed by atoms with Crippen LogP contribution in [0.25, 0.3) is 0 Å². The van der Waals surface area contributed by atoms with E-state index in [2.05, 4.69) is 13.0 Å². The van der Waals surface area contributed by atoms with Gasteiger partial charge in [-0.1, -0.05) is 44.3 Å². The quantitative estimate of drug-likeness (QED) is 0.466. The van der Waals surface area contributed by atoms with Gasteiger partial charge in [-0.2, -0.15) is 0 Å². The lowest BCUT2D eigenvalue weighted by Gasteiger charge is -2.24. The number of hydrogen-bond acceptors (Lipinski definition) is 0. The van der Waals surface area contributed by atoms with Crippen LogP contribution in [0.1, 0.15) is 51.9 Å². The molecule has 2 rings (SSSR count). The normalized spacial score (nSPS) is 34.6. The lowest BCUT2D eigenvalue weighted by molar-refractivity contribution is 0.464. The average molecular weight is 213 g/mol. The lowest BCUT2D eigenvalue weighted by atomic mass is 9.85. The van der Waals surface area contributed by atoms with Crippen molar-refractivity contribution >= 4 is 11.6 Å². The van der Waals surface area contributed by atoms with Crippen molar-refractivity contribution in [3.8, 4) is 0 Å². The predicted molar refractivity (Wildman–Crippen MR) is 62.7 cm³/mol. The van der Waals surface area contributed by atoms with Crippen LogP contribution in [0.2, 0.25) is 0 Å². The third-order valence-electron chi connectivity index (χ3n) is 3.68. The monoisotopic (exact) mass is 212 g/mol. The predicted octanol–water partition coefficient (Wildman–Crippen LogP) is 4.53. The molecule has 0 heterocycles. The molecule has 14 heavy (non-hydrogen) atoms. The van der Waals surface area contributed by atoms with Gasteiger partial charge in [0.25, 0.3) is 0 Å². The smallest absolute Gasteiger partial charge is 0.0521 e. The zero-order valence-electron chi connectivity index (χ0n) is 9.14. The van der Waals surface area contributed by atoms with Crippen molar-refractivity contribution in [3.63, 3.8) is 0 Å². The zero-order valence-corrected chi connectivity index (χ0v) is 9.89. The molecule has 0 aromatic heterocycles. The molecule has 0 N–H and O–H groups in total. The summed E-state index contributed by atoms with van der Waals surface area (Å²) in [7, 11) is 0. The molecule has 1 heteroatoms. The van der Waals surface area contributed by atoms with Crippen LogP contribution in [0.5, 0.6) is 0 Å². The molecule has 2 unspecified atom stereocenters. The molecule has 0 radical (unpaired) electrons. The molecular weight excluding hydrogens is 192 g/mol. The molecule has 0 amide bonds. The Labute approximate surface area is 92.7 Å². The maximum atomic E-state index is 6.22. The Bertz CT molecular complexity index is 213. The fourth-order valence-electron chi connectivity index (χ4n) is 3.04. The van der Waals surface area contributed by atoms with Crippen molar-refractivity contribution in [1.82, 2.24) is 0 Å². The van der Waals surface area contributed by atoms with E-state index in [1.807, 2.05) is 0 Å². The van der Waals surface area contributed by atoms with Crippen LogP contribution in [0.4, 0.5) is 0 Å². The van der Waals surface area contributed by atoms with Crippen molar-refractivity contribution in [1.29, 1.82) is 0 Å². The Morgan fingerprint density at radius 2 is 2.07 bits per heavy atom. The standard InChI is InChI=1S/C13H21Cl/c1-10-6-12(9-13(14)7-10)8-11-4-2-3-5-11/h9-11,13H,2-8H2,1H3. The van der Waals surface area contributed by atoms with Gasteiger partial charge in [-0.3, -0.25) is 0 Å². The van der Waals surface area contributed by atoms with Crippen LogP contribution >= 0.6 is 11.6 Å². The van der Waals surface area contributed by atoms with Gasteiger partial charge < -0.3 is 0 Å². The Morgan fingerprint density at radius 3 is 2.71 bits per heavy atom. The Kier molecular flexibility index (Phi) is 3.54. The maximum absolute atomic E-state index is 6.22. The summed E-state index contributed by atoms with van der Waals surface area (Å²) in [6.07, 6.45) is 12.0. The highest BCUT2D eigenvalue weighted by Gasteiger charge is 2.21. The minimum Gasteiger partial charge on any atom is -0.118 e. The zero-order chi connectivity index (χ0) is 9.97. The maximum Gasteiger partial charge on any atom is 0.0521 e. The molecular formula is C13H21Cl. The minimum atomic E-state index is 0.315. The molecule has 0 saturated heterocycles. The molecule has 1 fully saturated rings. The van der Waals surface area contributed by atoms with Crippen molar-refractivity contribution < 1.29 is 0 Å². The first-order valence-corrected chi connectivity index (χ1v) is 6.51. The summed E-state index contributed by atoms with van der Waals surface area (Å²) in [6, 6.07) is 0. The molecule has 0 aliphatic heterocycles. The summed E-state index contributed by atoms with van der Waals surface area (Å²) in [4.78, 5) is 0. The number of allylic oxidation sites excluding steroid dienone is 2. The van der Waals surface area contributed by atoms with Crippen molar-refractivity contribution in [2.75, 3.05) is 0 Å². The molecule has 0 nitrogen and oxygen atoms in total. The third-order valence-corrected chi connectivity index (χ3v) is 3.98. The molecule has 2 aliphatic carbocycles. The Morgan fingerprint density at radius 1 is 1.36 bits per heavy atom. The van der Waals surface area contributed by atoms with Gasteiger partial charge in [0.05, 0.1) is 5.38 Å². The molecule has 1 saturated carbocycles. The van der Waals surface area contributed by atoms with Gasteiger partial charge in [-0.15, -0.1) is 11.6 Å². The van der Waals surface area contributed by atoms with Crippen LogP contribution < -0.4 is 0 Å². The first kappa shape index (κ1) is 10.5. The molecule has 2 atom stereocenters. The summed E-state index contributed by atoms with van der Waals surface area (Å²) in [5.41, 5.74) is 1.65. The van der Waals surface area contributed by atoms with Gasteiger partial charge in [0, 0.05) is 0 Å². The van der Waals surface area contributed by atoms with E-state index in [1.54, 1.807) is 5.57 Å². The van der Waals surface area contributed by atoms with E-state index in [-0.39, 0.29) is 0 Å². The summed E-state index contributed by atoms with van der Waals surface area (Å²) < 4.78 is 0. The molecule has 0 spiro atoms. The lowest BCUT2D eigenvalue weighted by Crippen LogP contribution is -2.13. The van der Waals surface area contributed by atoms with Crippen LogP contribution in [-0.4, -0.2) is 5.38 Å². The van der Waals surface area contributed by atoms with Crippen LogP contribution in [0.15, 0.2) is 11.6 Å². The highest BCUT2D eigenvalue weighted by Crippen LogP contribution is 2.35. The van der Waals surface area contributed by atoms with Gasteiger partial charge in [0.1, 0.15) is 0 Å².